The van der Waals surface area contributed by atoms with Crippen LogP contribution in [-0.2, 0) is 13.1 Å². The van der Waals surface area contributed by atoms with E-state index in [1.54, 1.807) is 18.2 Å². The average Bonchev–Trinajstić information content (AvgIpc) is 2.67. The molecule has 0 bridgehead atoms. The van der Waals surface area contributed by atoms with Gasteiger partial charge in [0.1, 0.15) is 12.1 Å². The molecule has 1 unspecified atom stereocenters. The number of piperidine rings is 1. The van der Waals surface area contributed by atoms with E-state index >= 15 is 0 Å². The molecule has 0 aromatic heterocycles. The van der Waals surface area contributed by atoms with Crippen molar-refractivity contribution in [3.8, 4) is 12.1 Å². The molecule has 1 fully saturated rings. The summed E-state index contributed by atoms with van der Waals surface area (Å²) in [6.07, 6.45) is 2.64. The van der Waals surface area contributed by atoms with Crippen molar-refractivity contribution in [2.24, 2.45) is 5.92 Å². The summed E-state index contributed by atoms with van der Waals surface area (Å²) in [4.78, 5) is 2.53. The van der Waals surface area contributed by atoms with Gasteiger partial charge in [-0.05, 0) is 48.6 Å². The molecule has 2 aromatic rings. The van der Waals surface area contributed by atoms with Gasteiger partial charge in [0.2, 0.25) is 0 Å². The first-order chi connectivity index (χ1) is 12.7. The number of rotatable bonds is 5. The molecular formula is C22H24N4. The van der Waals surface area contributed by atoms with Gasteiger partial charge in [0.15, 0.2) is 0 Å². The second-order valence-corrected chi connectivity index (χ2v) is 7.10. The van der Waals surface area contributed by atoms with Crippen LogP contribution < -0.4 is 5.32 Å². The Kier molecular flexibility index (Phi) is 5.89. The van der Waals surface area contributed by atoms with E-state index in [2.05, 4.69) is 53.5 Å². The molecule has 3 rings (SSSR count). The number of anilines is 1. The minimum absolute atomic E-state index is 0.500. The monoisotopic (exact) mass is 344 g/mol. The highest BCUT2D eigenvalue weighted by Crippen LogP contribution is 2.21. The molecule has 1 aliphatic rings. The predicted molar refractivity (Wildman–Crippen MR) is 103 cm³/mol. The van der Waals surface area contributed by atoms with Gasteiger partial charge in [-0.15, -0.1) is 0 Å². The maximum absolute atomic E-state index is 9.24. The summed E-state index contributed by atoms with van der Waals surface area (Å²) < 4.78 is 0. The largest absolute Gasteiger partial charge is 0.379 e. The van der Waals surface area contributed by atoms with Crippen molar-refractivity contribution in [1.82, 2.24) is 4.90 Å². The number of nitrogens with zero attached hydrogens (tertiary/aromatic N) is 3. The summed E-state index contributed by atoms with van der Waals surface area (Å²) in [6.45, 7) is 6.30. The van der Waals surface area contributed by atoms with E-state index in [1.165, 1.54) is 31.5 Å². The standard InChI is InChI=1S/C22H24N4/c1-17-4-3-11-26(15-17)16-19-9-7-18(8-10-19)14-25-22-20(12-23)5-2-6-21(22)13-24/h2,5-10,17,25H,3-4,11,14-16H2,1H3. The van der Waals surface area contributed by atoms with Crippen molar-refractivity contribution in [3.05, 3.63) is 64.7 Å². The summed E-state index contributed by atoms with van der Waals surface area (Å²) in [5.41, 5.74) is 4.08. The van der Waals surface area contributed by atoms with Crippen molar-refractivity contribution in [3.63, 3.8) is 0 Å². The maximum Gasteiger partial charge on any atom is 0.101 e. The van der Waals surface area contributed by atoms with E-state index in [1.807, 2.05) is 0 Å². The third-order valence-corrected chi connectivity index (χ3v) is 4.94. The SMILES string of the molecule is CC1CCCN(Cc2ccc(CNc3c(C#N)cccc3C#N)cc2)C1. The fourth-order valence-electron chi connectivity index (χ4n) is 3.57. The van der Waals surface area contributed by atoms with Crippen LogP contribution >= 0.6 is 0 Å². The summed E-state index contributed by atoms with van der Waals surface area (Å²) in [5, 5.41) is 21.7. The molecule has 0 aliphatic carbocycles. The minimum Gasteiger partial charge on any atom is -0.379 e. The number of nitriles is 2. The molecule has 4 nitrogen and oxygen atoms in total. The quantitative estimate of drug-likeness (QED) is 0.879. The Morgan fingerprint density at radius 1 is 1.04 bits per heavy atom. The molecule has 1 atom stereocenters. The molecule has 4 heteroatoms. The Hall–Kier alpha value is -2.82. The molecule has 1 saturated heterocycles. The van der Waals surface area contributed by atoms with Gasteiger partial charge in [0.25, 0.3) is 0 Å². The zero-order valence-corrected chi connectivity index (χ0v) is 15.2. The smallest absolute Gasteiger partial charge is 0.101 e. The Bertz CT molecular complexity index is 794. The van der Waals surface area contributed by atoms with Crippen LogP contribution in [0.5, 0.6) is 0 Å². The van der Waals surface area contributed by atoms with E-state index in [0.717, 1.165) is 18.0 Å². The van der Waals surface area contributed by atoms with Gasteiger partial charge in [0.05, 0.1) is 16.8 Å². The van der Waals surface area contributed by atoms with Crippen molar-refractivity contribution >= 4 is 5.69 Å². The second-order valence-electron chi connectivity index (χ2n) is 7.10. The van der Waals surface area contributed by atoms with E-state index in [0.29, 0.717) is 23.4 Å². The van der Waals surface area contributed by atoms with Crippen molar-refractivity contribution in [2.45, 2.75) is 32.9 Å². The molecule has 1 heterocycles. The first-order valence-electron chi connectivity index (χ1n) is 9.17. The molecule has 132 valence electrons. The summed E-state index contributed by atoms with van der Waals surface area (Å²) in [5.74, 6) is 0.793. The Morgan fingerprint density at radius 2 is 1.69 bits per heavy atom. The lowest BCUT2D eigenvalue weighted by atomic mass is 9.99. The van der Waals surface area contributed by atoms with Crippen LogP contribution in [0.15, 0.2) is 42.5 Å². The predicted octanol–water partition coefficient (Wildman–Crippen LogP) is 4.27. The Labute approximate surface area is 155 Å². The number of hydrogen-bond acceptors (Lipinski definition) is 4. The molecule has 0 radical (unpaired) electrons. The van der Waals surface area contributed by atoms with Gasteiger partial charge in [-0.3, -0.25) is 4.90 Å². The molecule has 1 aliphatic heterocycles. The minimum atomic E-state index is 0.500. The van der Waals surface area contributed by atoms with E-state index in [9.17, 15) is 10.5 Å². The lowest BCUT2D eigenvalue weighted by Crippen LogP contribution is -2.33. The number of hydrogen-bond donors (Lipinski definition) is 1. The highest BCUT2D eigenvalue weighted by molar-refractivity contribution is 5.66. The van der Waals surface area contributed by atoms with Gasteiger partial charge in [-0.25, -0.2) is 0 Å². The van der Waals surface area contributed by atoms with E-state index < -0.39 is 0 Å². The fourth-order valence-corrected chi connectivity index (χ4v) is 3.57. The number of benzene rings is 2. The average molecular weight is 344 g/mol. The summed E-state index contributed by atoms with van der Waals surface area (Å²) >= 11 is 0. The maximum atomic E-state index is 9.24. The Balaban J connectivity index is 1.62. The van der Waals surface area contributed by atoms with E-state index in [-0.39, 0.29) is 0 Å². The van der Waals surface area contributed by atoms with Gasteiger partial charge in [-0.1, -0.05) is 37.3 Å². The number of nitrogens with one attached hydrogen (secondary N) is 1. The zero-order valence-electron chi connectivity index (χ0n) is 15.2. The summed E-state index contributed by atoms with van der Waals surface area (Å²) in [6, 6.07) is 18.1. The van der Waals surface area contributed by atoms with Crippen molar-refractivity contribution in [1.29, 1.82) is 10.5 Å². The molecule has 0 amide bonds. The van der Waals surface area contributed by atoms with Crippen molar-refractivity contribution < 1.29 is 0 Å². The highest BCUT2D eigenvalue weighted by Gasteiger charge is 2.16. The summed E-state index contributed by atoms with van der Waals surface area (Å²) in [7, 11) is 0. The molecule has 26 heavy (non-hydrogen) atoms. The van der Waals surface area contributed by atoms with Crippen LogP contribution in [0.2, 0.25) is 0 Å². The third kappa shape index (κ3) is 4.42. The third-order valence-electron chi connectivity index (χ3n) is 4.94. The zero-order chi connectivity index (χ0) is 18.4. The number of para-hydroxylation sites is 1. The fraction of sp³-hybridized carbons (Fsp3) is 0.364. The van der Waals surface area contributed by atoms with Crippen LogP contribution in [0, 0.1) is 28.6 Å². The van der Waals surface area contributed by atoms with Crippen LogP contribution in [0.4, 0.5) is 5.69 Å². The molecule has 1 N–H and O–H groups in total. The Morgan fingerprint density at radius 3 is 2.31 bits per heavy atom. The normalized spacial score (nSPS) is 17.3. The van der Waals surface area contributed by atoms with Gasteiger partial charge < -0.3 is 5.32 Å². The molecule has 0 spiro atoms. The lowest BCUT2D eigenvalue weighted by molar-refractivity contribution is 0.176. The van der Waals surface area contributed by atoms with Gasteiger partial charge in [-0.2, -0.15) is 10.5 Å². The van der Waals surface area contributed by atoms with Crippen LogP contribution in [0.25, 0.3) is 0 Å². The van der Waals surface area contributed by atoms with E-state index in [4.69, 9.17) is 0 Å². The molecule has 2 aromatic carbocycles. The van der Waals surface area contributed by atoms with Crippen LogP contribution in [0.1, 0.15) is 42.0 Å². The van der Waals surface area contributed by atoms with Gasteiger partial charge in [0, 0.05) is 19.6 Å². The van der Waals surface area contributed by atoms with Crippen LogP contribution in [-0.4, -0.2) is 18.0 Å². The topological polar surface area (TPSA) is 62.9 Å². The molecule has 0 saturated carbocycles. The van der Waals surface area contributed by atoms with Gasteiger partial charge >= 0.3 is 0 Å². The first-order valence-corrected chi connectivity index (χ1v) is 9.17. The second kappa shape index (κ2) is 8.52. The molecular weight excluding hydrogens is 320 g/mol. The van der Waals surface area contributed by atoms with Crippen molar-refractivity contribution in [2.75, 3.05) is 18.4 Å². The first kappa shape index (κ1) is 18.0. The number of likely N-dealkylation sites (tertiary alicyclic amines) is 1. The van der Waals surface area contributed by atoms with Crippen LogP contribution in [0.3, 0.4) is 0 Å². The lowest BCUT2D eigenvalue weighted by Gasteiger charge is -2.30. The highest BCUT2D eigenvalue weighted by atomic mass is 15.1.